The summed E-state index contributed by atoms with van der Waals surface area (Å²) in [6, 6.07) is 0. The quantitative estimate of drug-likeness (QED) is 0.645. The average molecular weight is 196 g/mol. The molecule has 2 rings (SSSR count). The molecule has 0 aromatic heterocycles. The van der Waals surface area contributed by atoms with Crippen LogP contribution in [0.25, 0.3) is 0 Å². The van der Waals surface area contributed by atoms with Crippen molar-refractivity contribution in [3.05, 3.63) is 0 Å². The second kappa shape index (κ2) is 2.79. The number of rotatable bonds is 3. The first-order valence-corrected chi connectivity index (χ1v) is 5.01. The number of amides is 2. The lowest BCUT2D eigenvalue weighted by Gasteiger charge is -2.28. The first kappa shape index (κ1) is 9.65. The molecular weight excluding hydrogens is 180 g/mol. The van der Waals surface area contributed by atoms with Crippen LogP contribution in [0.1, 0.15) is 20.3 Å². The molecule has 2 fully saturated rings. The number of hydrogen-bond acceptors (Lipinski definition) is 3. The fraction of sp³-hybridized carbons (Fsp3) is 0.800. The summed E-state index contributed by atoms with van der Waals surface area (Å²) in [5.74, 6) is 0.0511. The molecule has 2 atom stereocenters. The van der Waals surface area contributed by atoms with E-state index >= 15 is 0 Å². The molecule has 4 nitrogen and oxygen atoms in total. The lowest BCUT2D eigenvalue weighted by atomic mass is 9.93. The van der Waals surface area contributed by atoms with Crippen LogP contribution >= 0.6 is 0 Å². The maximum atomic E-state index is 11.6. The number of fused-ring (bicyclic) bond motifs is 1. The standard InChI is InChI=1S/C10H16N2O2/c1-10(2,4-11)5-12-8(13)6-3-7(6)9(12)14/h6-7H,3-5,11H2,1-2H3. The molecule has 1 saturated carbocycles. The Labute approximate surface area is 83.4 Å². The predicted molar refractivity (Wildman–Crippen MR) is 51.2 cm³/mol. The number of likely N-dealkylation sites (tertiary alicyclic amines) is 1. The zero-order valence-electron chi connectivity index (χ0n) is 8.62. The normalized spacial score (nSPS) is 30.9. The maximum Gasteiger partial charge on any atom is 0.233 e. The first-order chi connectivity index (χ1) is 6.46. The van der Waals surface area contributed by atoms with Crippen LogP contribution in [0.2, 0.25) is 0 Å². The van der Waals surface area contributed by atoms with Gasteiger partial charge in [0.1, 0.15) is 0 Å². The molecule has 78 valence electrons. The molecule has 2 amide bonds. The summed E-state index contributed by atoms with van der Waals surface area (Å²) in [6.07, 6.45) is 0.775. The van der Waals surface area contributed by atoms with Crippen molar-refractivity contribution in [1.82, 2.24) is 4.90 Å². The van der Waals surface area contributed by atoms with Gasteiger partial charge in [-0.05, 0) is 18.4 Å². The van der Waals surface area contributed by atoms with Gasteiger partial charge in [0.25, 0.3) is 0 Å². The van der Waals surface area contributed by atoms with Gasteiger partial charge in [0, 0.05) is 6.54 Å². The number of nitrogens with two attached hydrogens (primary N) is 1. The van der Waals surface area contributed by atoms with Gasteiger partial charge in [-0.1, -0.05) is 13.8 Å². The molecular formula is C10H16N2O2. The Morgan fingerprint density at radius 3 is 2.29 bits per heavy atom. The van der Waals surface area contributed by atoms with E-state index in [0.717, 1.165) is 6.42 Å². The topological polar surface area (TPSA) is 63.4 Å². The summed E-state index contributed by atoms with van der Waals surface area (Å²) in [4.78, 5) is 24.6. The van der Waals surface area contributed by atoms with Crippen LogP contribution < -0.4 is 5.73 Å². The molecule has 2 N–H and O–H groups in total. The SMILES string of the molecule is CC(C)(CN)CN1C(=O)C2CC2C1=O. The smallest absolute Gasteiger partial charge is 0.233 e. The van der Waals surface area contributed by atoms with Crippen molar-refractivity contribution in [2.24, 2.45) is 23.0 Å². The third kappa shape index (κ3) is 1.34. The fourth-order valence-electron chi connectivity index (χ4n) is 1.90. The van der Waals surface area contributed by atoms with Crippen molar-refractivity contribution in [3.8, 4) is 0 Å². The van der Waals surface area contributed by atoms with Crippen molar-refractivity contribution in [3.63, 3.8) is 0 Å². The number of carbonyl (C=O) groups excluding carboxylic acids is 2. The number of carbonyl (C=O) groups is 2. The zero-order chi connectivity index (χ0) is 10.5. The lowest BCUT2D eigenvalue weighted by Crippen LogP contribution is -2.43. The molecule has 0 aromatic rings. The Bertz CT molecular complexity index is 278. The van der Waals surface area contributed by atoms with E-state index in [1.807, 2.05) is 13.8 Å². The van der Waals surface area contributed by atoms with Crippen molar-refractivity contribution in [1.29, 1.82) is 0 Å². The van der Waals surface area contributed by atoms with E-state index in [9.17, 15) is 9.59 Å². The minimum atomic E-state index is -0.165. The van der Waals surface area contributed by atoms with Gasteiger partial charge in [0.05, 0.1) is 11.8 Å². The maximum absolute atomic E-state index is 11.6. The van der Waals surface area contributed by atoms with Gasteiger partial charge >= 0.3 is 0 Å². The largest absolute Gasteiger partial charge is 0.330 e. The molecule has 1 aliphatic carbocycles. The second-order valence-electron chi connectivity index (χ2n) is 5.08. The van der Waals surface area contributed by atoms with Crippen molar-refractivity contribution >= 4 is 11.8 Å². The van der Waals surface area contributed by atoms with E-state index in [1.54, 1.807) is 0 Å². The van der Waals surface area contributed by atoms with Gasteiger partial charge < -0.3 is 5.73 Å². The Kier molecular flexibility index (Phi) is 1.93. The minimum absolute atomic E-state index is 0.0103. The third-order valence-electron chi connectivity index (χ3n) is 3.10. The van der Waals surface area contributed by atoms with Crippen LogP contribution in [0.15, 0.2) is 0 Å². The Morgan fingerprint density at radius 2 is 1.86 bits per heavy atom. The lowest BCUT2D eigenvalue weighted by molar-refractivity contribution is -0.142. The Hall–Kier alpha value is -0.900. The summed E-state index contributed by atoms with van der Waals surface area (Å²) in [6.45, 7) is 4.89. The van der Waals surface area contributed by atoms with Crippen molar-refractivity contribution < 1.29 is 9.59 Å². The van der Waals surface area contributed by atoms with E-state index < -0.39 is 0 Å². The van der Waals surface area contributed by atoms with E-state index in [2.05, 4.69) is 0 Å². The van der Waals surface area contributed by atoms with E-state index in [1.165, 1.54) is 4.90 Å². The molecule has 1 saturated heterocycles. The minimum Gasteiger partial charge on any atom is -0.330 e. The molecule has 0 spiro atoms. The molecule has 4 heteroatoms. The first-order valence-electron chi connectivity index (χ1n) is 5.01. The van der Waals surface area contributed by atoms with Crippen LogP contribution in [-0.4, -0.2) is 29.8 Å². The van der Waals surface area contributed by atoms with Crippen LogP contribution in [0.3, 0.4) is 0 Å². The highest BCUT2D eigenvalue weighted by atomic mass is 16.2. The van der Waals surface area contributed by atoms with Gasteiger partial charge in [0.2, 0.25) is 11.8 Å². The summed E-state index contributed by atoms with van der Waals surface area (Å²) >= 11 is 0. The molecule has 0 aromatic carbocycles. The van der Waals surface area contributed by atoms with Crippen LogP contribution in [-0.2, 0) is 9.59 Å². The zero-order valence-corrected chi connectivity index (χ0v) is 8.62. The van der Waals surface area contributed by atoms with Gasteiger partial charge in [0.15, 0.2) is 0 Å². The molecule has 14 heavy (non-hydrogen) atoms. The van der Waals surface area contributed by atoms with Gasteiger partial charge in [-0.2, -0.15) is 0 Å². The van der Waals surface area contributed by atoms with Crippen LogP contribution in [0.5, 0.6) is 0 Å². The van der Waals surface area contributed by atoms with Crippen molar-refractivity contribution in [2.45, 2.75) is 20.3 Å². The van der Waals surface area contributed by atoms with E-state index in [4.69, 9.17) is 5.73 Å². The van der Waals surface area contributed by atoms with Gasteiger partial charge in [-0.15, -0.1) is 0 Å². The molecule has 0 bridgehead atoms. The number of hydrogen-bond donors (Lipinski definition) is 1. The highest BCUT2D eigenvalue weighted by Gasteiger charge is 2.59. The molecule has 1 heterocycles. The van der Waals surface area contributed by atoms with Gasteiger partial charge in [-0.3, -0.25) is 14.5 Å². The van der Waals surface area contributed by atoms with Crippen molar-refractivity contribution in [2.75, 3.05) is 13.1 Å². The fourth-order valence-corrected chi connectivity index (χ4v) is 1.90. The average Bonchev–Trinajstić information content (AvgIpc) is 2.87. The molecule has 2 aliphatic rings. The highest BCUT2D eigenvalue weighted by Crippen LogP contribution is 2.47. The highest BCUT2D eigenvalue weighted by molar-refractivity contribution is 6.08. The molecule has 1 aliphatic heterocycles. The third-order valence-corrected chi connectivity index (χ3v) is 3.10. The molecule has 2 unspecified atom stereocenters. The summed E-state index contributed by atoms with van der Waals surface area (Å²) in [7, 11) is 0. The van der Waals surface area contributed by atoms with Gasteiger partial charge in [-0.25, -0.2) is 0 Å². The second-order valence-corrected chi connectivity index (χ2v) is 5.08. The Balaban J connectivity index is 2.06. The van der Waals surface area contributed by atoms with Crippen LogP contribution in [0, 0.1) is 17.3 Å². The molecule has 0 radical (unpaired) electrons. The summed E-state index contributed by atoms with van der Waals surface area (Å²) in [5, 5.41) is 0. The number of piperidine rings is 1. The summed E-state index contributed by atoms with van der Waals surface area (Å²) < 4.78 is 0. The van der Waals surface area contributed by atoms with Crippen LogP contribution in [0.4, 0.5) is 0 Å². The number of imide groups is 1. The number of nitrogens with zero attached hydrogens (tertiary/aromatic N) is 1. The predicted octanol–water partition coefficient (Wildman–Crippen LogP) is -0.0238. The van der Waals surface area contributed by atoms with E-state index in [0.29, 0.717) is 13.1 Å². The summed E-state index contributed by atoms with van der Waals surface area (Å²) in [5.41, 5.74) is 5.41. The van der Waals surface area contributed by atoms with E-state index in [-0.39, 0.29) is 29.1 Å². The Morgan fingerprint density at radius 1 is 1.36 bits per heavy atom. The monoisotopic (exact) mass is 196 g/mol.